The standard InChI is InChI=1S/C24H20FN3O2/c1-30-21-10-5-16(20-15-28-13-3-2-4-22(28)26-20)14-19(21)27-23(29)24(11-12-24)17-6-8-18(25)9-7-17/h2-10,13-15H,11-12H2,1H3,(H,27,29). The molecule has 1 aliphatic carbocycles. The van der Waals surface area contributed by atoms with Crippen LogP contribution in [0.4, 0.5) is 10.1 Å². The van der Waals surface area contributed by atoms with Crippen LogP contribution in [-0.4, -0.2) is 22.4 Å². The number of anilines is 1. The average molecular weight is 401 g/mol. The molecule has 1 amide bonds. The second kappa shape index (κ2) is 6.99. The first-order valence-electron chi connectivity index (χ1n) is 9.79. The molecule has 0 radical (unpaired) electrons. The first-order chi connectivity index (χ1) is 14.6. The third-order valence-electron chi connectivity index (χ3n) is 5.69. The fourth-order valence-electron chi connectivity index (χ4n) is 3.82. The summed E-state index contributed by atoms with van der Waals surface area (Å²) < 4.78 is 20.7. The summed E-state index contributed by atoms with van der Waals surface area (Å²) in [7, 11) is 1.57. The molecule has 30 heavy (non-hydrogen) atoms. The minimum Gasteiger partial charge on any atom is -0.495 e. The smallest absolute Gasteiger partial charge is 0.235 e. The molecule has 150 valence electrons. The van der Waals surface area contributed by atoms with Gasteiger partial charge in [-0.05, 0) is 60.9 Å². The monoisotopic (exact) mass is 401 g/mol. The van der Waals surface area contributed by atoms with Crippen molar-refractivity contribution >= 4 is 17.2 Å². The molecule has 2 heterocycles. The number of fused-ring (bicyclic) bond motifs is 1. The fraction of sp³-hybridized carbons (Fsp3) is 0.167. The summed E-state index contributed by atoms with van der Waals surface area (Å²) in [5.41, 5.74) is 3.34. The highest BCUT2D eigenvalue weighted by molar-refractivity contribution is 6.02. The number of nitrogens with zero attached hydrogens (tertiary/aromatic N) is 2. The lowest BCUT2D eigenvalue weighted by Gasteiger charge is -2.18. The Labute approximate surface area is 173 Å². The van der Waals surface area contributed by atoms with Gasteiger partial charge in [0.25, 0.3) is 0 Å². The SMILES string of the molecule is COc1ccc(-c2cn3ccccc3n2)cc1NC(=O)C1(c2ccc(F)cc2)CC1. The third-order valence-corrected chi connectivity index (χ3v) is 5.69. The molecule has 4 aromatic rings. The molecule has 0 aliphatic heterocycles. The number of hydrogen-bond donors (Lipinski definition) is 1. The van der Waals surface area contributed by atoms with Crippen molar-refractivity contribution in [2.24, 2.45) is 0 Å². The van der Waals surface area contributed by atoms with Gasteiger partial charge in [0.2, 0.25) is 5.91 Å². The molecule has 0 spiro atoms. The van der Waals surface area contributed by atoms with Gasteiger partial charge in [0.1, 0.15) is 17.2 Å². The van der Waals surface area contributed by atoms with Gasteiger partial charge in [0, 0.05) is 18.0 Å². The molecule has 0 saturated heterocycles. The van der Waals surface area contributed by atoms with Crippen molar-refractivity contribution in [3.05, 3.63) is 84.4 Å². The van der Waals surface area contributed by atoms with Gasteiger partial charge in [-0.25, -0.2) is 9.37 Å². The molecule has 0 atom stereocenters. The number of imidazole rings is 1. The van der Waals surface area contributed by atoms with Crippen molar-refractivity contribution in [1.82, 2.24) is 9.38 Å². The molecule has 1 fully saturated rings. The Kier molecular flexibility index (Phi) is 4.28. The summed E-state index contributed by atoms with van der Waals surface area (Å²) >= 11 is 0. The number of aromatic nitrogens is 2. The van der Waals surface area contributed by atoms with E-state index in [4.69, 9.17) is 4.74 Å². The van der Waals surface area contributed by atoms with E-state index in [0.717, 1.165) is 35.3 Å². The Morgan fingerprint density at radius 3 is 2.63 bits per heavy atom. The van der Waals surface area contributed by atoms with Gasteiger partial charge in [-0.2, -0.15) is 0 Å². The number of rotatable bonds is 5. The number of benzene rings is 2. The number of carbonyl (C=O) groups is 1. The van der Waals surface area contributed by atoms with E-state index in [1.807, 2.05) is 53.2 Å². The molecular formula is C24H20FN3O2. The van der Waals surface area contributed by atoms with Gasteiger partial charge in [-0.3, -0.25) is 4.79 Å². The second-order valence-corrected chi connectivity index (χ2v) is 7.55. The van der Waals surface area contributed by atoms with Crippen LogP contribution in [0.5, 0.6) is 5.75 Å². The van der Waals surface area contributed by atoms with Crippen molar-refractivity contribution in [3.8, 4) is 17.0 Å². The predicted octanol–water partition coefficient (Wildman–Crippen LogP) is 4.82. The molecule has 2 aromatic carbocycles. The van der Waals surface area contributed by atoms with Gasteiger partial charge in [0.05, 0.1) is 23.9 Å². The topological polar surface area (TPSA) is 55.6 Å². The summed E-state index contributed by atoms with van der Waals surface area (Å²) in [6.07, 6.45) is 5.36. The number of amides is 1. The molecule has 1 N–H and O–H groups in total. The maximum atomic E-state index is 13.3. The Hall–Kier alpha value is -3.67. The Bertz CT molecular complexity index is 1210. The number of pyridine rings is 1. The van der Waals surface area contributed by atoms with Gasteiger partial charge >= 0.3 is 0 Å². The zero-order chi connectivity index (χ0) is 20.7. The van der Waals surface area contributed by atoms with Crippen LogP contribution in [0.15, 0.2) is 73.1 Å². The van der Waals surface area contributed by atoms with E-state index in [9.17, 15) is 9.18 Å². The highest BCUT2D eigenvalue weighted by Crippen LogP contribution is 2.49. The zero-order valence-corrected chi connectivity index (χ0v) is 16.4. The second-order valence-electron chi connectivity index (χ2n) is 7.55. The van der Waals surface area contributed by atoms with Gasteiger partial charge < -0.3 is 14.5 Å². The van der Waals surface area contributed by atoms with E-state index in [0.29, 0.717) is 11.4 Å². The summed E-state index contributed by atoms with van der Waals surface area (Å²) in [4.78, 5) is 17.8. The van der Waals surface area contributed by atoms with Crippen LogP contribution in [0.1, 0.15) is 18.4 Å². The lowest BCUT2D eigenvalue weighted by molar-refractivity contribution is -0.118. The predicted molar refractivity (Wildman–Crippen MR) is 113 cm³/mol. The first-order valence-corrected chi connectivity index (χ1v) is 9.79. The maximum absolute atomic E-state index is 13.3. The van der Waals surface area contributed by atoms with E-state index in [-0.39, 0.29) is 11.7 Å². The number of hydrogen-bond acceptors (Lipinski definition) is 3. The molecule has 1 saturated carbocycles. The normalized spacial score (nSPS) is 14.5. The van der Waals surface area contributed by atoms with Crippen LogP contribution >= 0.6 is 0 Å². The zero-order valence-electron chi connectivity index (χ0n) is 16.4. The van der Waals surface area contributed by atoms with Crippen LogP contribution in [0.2, 0.25) is 0 Å². The first kappa shape index (κ1) is 18.4. The molecule has 6 heteroatoms. The molecule has 5 rings (SSSR count). The highest BCUT2D eigenvalue weighted by Gasteiger charge is 2.51. The maximum Gasteiger partial charge on any atom is 0.235 e. The van der Waals surface area contributed by atoms with Crippen molar-refractivity contribution in [3.63, 3.8) is 0 Å². The number of methoxy groups -OCH3 is 1. The Morgan fingerprint density at radius 1 is 1.13 bits per heavy atom. The van der Waals surface area contributed by atoms with E-state index in [1.54, 1.807) is 19.2 Å². The van der Waals surface area contributed by atoms with Crippen molar-refractivity contribution < 1.29 is 13.9 Å². The molecule has 0 unspecified atom stereocenters. The van der Waals surface area contributed by atoms with Crippen molar-refractivity contribution in [1.29, 1.82) is 0 Å². The summed E-state index contributed by atoms with van der Waals surface area (Å²) in [5.74, 6) is 0.155. The summed E-state index contributed by atoms with van der Waals surface area (Å²) in [5, 5.41) is 3.03. The lowest BCUT2D eigenvalue weighted by atomic mass is 9.94. The van der Waals surface area contributed by atoms with E-state index < -0.39 is 5.41 Å². The molecule has 5 nitrogen and oxygen atoms in total. The Balaban J connectivity index is 1.47. The van der Waals surface area contributed by atoms with E-state index >= 15 is 0 Å². The van der Waals surface area contributed by atoms with Crippen LogP contribution in [-0.2, 0) is 10.2 Å². The third kappa shape index (κ3) is 3.10. The largest absolute Gasteiger partial charge is 0.495 e. The van der Waals surface area contributed by atoms with Crippen LogP contribution < -0.4 is 10.1 Å². The van der Waals surface area contributed by atoms with E-state index in [1.165, 1.54) is 12.1 Å². The molecule has 0 bridgehead atoms. The molecular weight excluding hydrogens is 381 g/mol. The van der Waals surface area contributed by atoms with Gasteiger partial charge in [-0.1, -0.05) is 18.2 Å². The number of ether oxygens (including phenoxy) is 1. The van der Waals surface area contributed by atoms with E-state index in [2.05, 4.69) is 10.3 Å². The highest BCUT2D eigenvalue weighted by atomic mass is 19.1. The van der Waals surface area contributed by atoms with Crippen LogP contribution in [0.3, 0.4) is 0 Å². The van der Waals surface area contributed by atoms with Crippen molar-refractivity contribution in [2.75, 3.05) is 12.4 Å². The van der Waals surface area contributed by atoms with Crippen LogP contribution in [0.25, 0.3) is 16.9 Å². The number of carbonyl (C=O) groups excluding carboxylic acids is 1. The summed E-state index contributed by atoms with van der Waals surface area (Å²) in [6.45, 7) is 0. The lowest BCUT2D eigenvalue weighted by Crippen LogP contribution is -2.28. The van der Waals surface area contributed by atoms with Gasteiger partial charge in [-0.15, -0.1) is 0 Å². The summed E-state index contributed by atoms with van der Waals surface area (Å²) in [6, 6.07) is 17.6. The number of nitrogens with one attached hydrogen (secondary N) is 1. The molecule has 2 aromatic heterocycles. The van der Waals surface area contributed by atoms with Gasteiger partial charge in [0.15, 0.2) is 0 Å². The fourth-order valence-corrected chi connectivity index (χ4v) is 3.82. The number of halogens is 1. The minimum atomic E-state index is -0.613. The Morgan fingerprint density at radius 2 is 1.93 bits per heavy atom. The van der Waals surface area contributed by atoms with Crippen LogP contribution in [0, 0.1) is 5.82 Å². The average Bonchev–Trinajstić information content (AvgIpc) is 3.46. The van der Waals surface area contributed by atoms with Crippen molar-refractivity contribution in [2.45, 2.75) is 18.3 Å². The quantitative estimate of drug-likeness (QED) is 0.522. The molecule has 1 aliphatic rings. The minimum absolute atomic E-state index is 0.112.